The van der Waals surface area contributed by atoms with Crippen molar-refractivity contribution in [2.24, 2.45) is 24.8 Å². The number of rotatable bonds is 3. The molecule has 1 amide bonds. The summed E-state index contributed by atoms with van der Waals surface area (Å²) in [5.41, 5.74) is 2.46. The molecule has 5 heteroatoms. The zero-order valence-electron chi connectivity index (χ0n) is 14.6. The molecule has 0 radical (unpaired) electrons. The lowest BCUT2D eigenvalue weighted by Crippen LogP contribution is -2.41. The third kappa shape index (κ3) is 3.79. The summed E-state index contributed by atoms with van der Waals surface area (Å²) >= 11 is 6.29. The minimum atomic E-state index is -0.0733. The van der Waals surface area contributed by atoms with Crippen molar-refractivity contribution in [1.29, 1.82) is 0 Å². The van der Waals surface area contributed by atoms with Crippen molar-refractivity contribution >= 4 is 17.5 Å². The first-order valence-electron chi connectivity index (χ1n) is 8.30. The van der Waals surface area contributed by atoms with Crippen molar-refractivity contribution in [2.75, 3.05) is 0 Å². The predicted molar refractivity (Wildman–Crippen MR) is 93.7 cm³/mol. The molecular weight excluding hydrogens is 312 g/mol. The molecule has 4 atom stereocenters. The number of pyridine rings is 1. The van der Waals surface area contributed by atoms with Crippen LogP contribution in [0.1, 0.15) is 43.5 Å². The van der Waals surface area contributed by atoms with Gasteiger partial charge in [-0.25, -0.2) is 0 Å². The number of halogens is 1. The highest BCUT2D eigenvalue weighted by Gasteiger charge is 2.36. The first-order valence-corrected chi connectivity index (χ1v) is 8.73. The van der Waals surface area contributed by atoms with Gasteiger partial charge in [0.1, 0.15) is 0 Å². The number of carbonyl (C=O) groups excluding carboxylic acids is 1. The number of aromatic nitrogens is 1. The van der Waals surface area contributed by atoms with Crippen molar-refractivity contribution in [3.8, 4) is 0 Å². The summed E-state index contributed by atoms with van der Waals surface area (Å²) in [5, 5.41) is 3.02. The van der Waals surface area contributed by atoms with E-state index in [0.29, 0.717) is 23.8 Å². The number of alkyl halides is 1. The van der Waals surface area contributed by atoms with Crippen molar-refractivity contribution in [3.63, 3.8) is 0 Å². The van der Waals surface area contributed by atoms with Crippen molar-refractivity contribution in [3.05, 3.63) is 33.2 Å². The lowest BCUT2D eigenvalue weighted by Gasteiger charge is -2.35. The Kier molecular flexibility index (Phi) is 5.56. The Morgan fingerprint density at radius 2 is 2.00 bits per heavy atom. The van der Waals surface area contributed by atoms with Gasteiger partial charge in [-0.05, 0) is 50.2 Å². The fourth-order valence-corrected chi connectivity index (χ4v) is 3.97. The molecule has 1 fully saturated rings. The quantitative estimate of drug-likeness (QED) is 0.861. The maximum Gasteiger partial charge on any atom is 0.255 e. The van der Waals surface area contributed by atoms with Crippen LogP contribution >= 0.6 is 11.6 Å². The van der Waals surface area contributed by atoms with Gasteiger partial charge in [-0.1, -0.05) is 13.8 Å². The van der Waals surface area contributed by atoms with Crippen molar-refractivity contribution in [1.82, 2.24) is 9.88 Å². The van der Waals surface area contributed by atoms with Gasteiger partial charge in [-0.2, -0.15) is 0 Å². The molecule has 0 aliphatic heterocycles. The SMILES string of the molecule is Cc1cc(C)n(C)c(=O)c1CNC(=O)C1CC(Cl)CC(C)C1C. The second kappa shape index (κ2) is 7.08. The third-order valence-corrected chi connectivity index (χ3v) is 5.80. The predicted octanol–water partition coefficient (Wildman–Crippen LogP) is 2.91. The topological polar surface area (TPSA) is 51.1 Å². The molecular formula is C18H27ClN2O2. The second-order valence-corrected chi connectivity index (χ2v) is 7.66. The molecule has 0 spiro atoms. The van der Waals surface area contributed by atoms with Crippen molar-refractivity contribution < 1.29 is 4.79 Å². The minimum absolute atomic E-state index is 0.0109. The third-order valence-electron chi connectivity index (χ3n) is 5.44. The number of carbonyl (C=O) groups is 1. The summed E-state index contributed by atoms with van der Waals surface area (Å²) in [4.78, 5) is 24.9. The molecule has 1 aliphatic rings. The molecule has 1 heterocycles. The van der Waals surface area contributed by atoms with Gasteiger partial charge < -0.3 is 9.88 Å². The van der Waals surface area contributed by atoms with Gasteiger partial charge in [0, 0.05) is 36.1 Å². The molecule has 1 N–H and O–H groups in total. The normalized spacial score (nSPS) is 27.7. The molecule has 1 saturated carbocycles. The van der Waals surface area contributed by atoms with Crippen LogP contribution in [-0.2, 0) is 18.4 Å². The first-order chi connectivity index (χ1) is 10.7. The summed E-state index contributed by atoms with van der Waals surface area (Å²) in [7, 11) is 1.76. The van der Waals surface area contributed by atoms with E-state index in [1.54, 1.807) is 11.6 Å². The van der Waals surface area contributed by atoms with Crippen LogP contribution in [-0.4, -0.2) is 15.9 Å². The van der Waals surface area contributed by atoms with Crippen LogP contribution in [0.2, 0.25) is 0 Å². The van der Waals surface area contributed by atoms with Crippen LogP contribution in [0.5, 0.6) is 0 Å². The highest BCUT2D eigenvalue weighted by molar-refractivity contribution is 6.20. The molecule has 4 nitrogen and oxygen atoms in total. The van der Waals surface area contributed by atoms with E-state index >= 15 is 0 Å². The lowest BCUT2D eigenvalue weighted by molar-refractivity contribution is -0.128. The molecule has 1 aromatic rings. The smallest absolute Gasteiger partial charge is 0.255 e. The molecule has 0 saturated heterocycles. The first kappa shape index (κ1) is 18.1. The van der Waals surface area contributed by atoms with E-state index in [2.05, 4.69) is 19.2 Å². The van der Waals surface area contributed by atoms with Gasteiger partial charge in [-0.3, -0.25) is 9.59 Å². The van der Waals surface area contributed by atoms with Gasteiger partial charge in [0.2, 0.25) is 5.91 Å². The highest BCUT2D eigenvalue weighted by Crippen LogP contribution is 2.37. The fourth-order valence-electron chi connectivity index (χ4n) is 3.50. The van der Waals surface area contributed by atoms with Crippen LogP contribution in [0.4, 0.5) is 0 Å². The maximum atomic E-state index is 12.6. The number of nitrogens with one attached hydrogen (secondary N) is 1. The second-order valence-electron chi connectivity index (χ2n) is 7.04. The fraction of sp³-hybridized carbons (Fsp3) is 0.667. The van der Waals surface area contributed by atoms with Crippen LogP contribution in [0, 0.1) is 31.6 Å². The highest BCUT2D eigenvalue weighted by atomic mass is 35.5. The van der Waals surface area contributed by atoms with Crippen LogP contribution in [0.15, 0.2) is 10.9 Å². The molecule has 0 aromatic carbocycles. The number of hydrogen-bond donors (Lipinski definition) is 1. The number of hydrogen-bond acceptors (Lipinski definition) is 2. The summed E-state index contributed by atoms with van der Waals surface area (Å²) in [5.74, 6) is 0.690. The molecule has 23 heavy (non-hydrogen) atoms. The maximum absolute atomic E-state index is 12.6. The Hall–Kier alpha value is -1.29. The average molecular weight is 339 g/mol. The zero-order chi connectivity index (χ0) is 17.3. The molecule has 2 rings (SSSR count). The van der Waals surface area contributed by atoms with Gasteiger partial charge in [0.25, 0.3) is 5.56 Å². The number of amides is 1. The van der Waals surface area contributed by atoms with E-state index in [4.69, 9.17) is 11.6 Å². The molecule has 128 valence electrons. The Morgan fingerprint density at radius 1 is 1.35 bits per heavy atom. The summed E-state index contributed by atoms with van der Waals surface area (Å²) in [6, 6.07) is 1.98. The van der Waals surface area contributed by atoms with Crippen molar-refractivity contribution in [2.45, 2.75) is 52.5 Å². The molecule has 1 aromatic heterocycles. The van der Waals surface area contributed by atoms with Gasteiger partial charge in [-0.15, -0.1) is 11.6 Å². The Morgan fingerprint density at radius 3 is 2.65 bits per heavy atom. The van der Waals surface area contributed by atoms with E-state index < -0.39 is 0 Å². The number of aryl methyl sites for hydroxylation is 2. The van der Waals surface area contributed by atoms with Gasteiger partial charge in [0.15, 0.2) is 0 Å². The Balaban J connectivity index is 2.11. The average Bonchev–Trinajstić information content (AvgIpc) is 2.48. The van der Waals surface area contributed by atoms with Gasteiger partial charge in [0.05, 0.1) is 0 Å². The summed E-state index contributed by atoms with van der Waals surface area (Å²) < 4.78 is 1.62. The van der Waals surface area contributed by atoms with Crippen LogP contribution in [0.3, 0.4) is 0 Å². The molecule has 1 aliphatic carbocycles. The van der Waals surface area contributed by atoms with Crippen LogP contribution in [0.25, 0.3) is 0 Å². The molecule has 0 bridgehead atoms. The molecule has 4 unspecified atom stereocenters. The number of nitrogens with zero attached hydrogens (tertiary/aromatic N) is 1. The summed E-state index contributed by atoms with van der Waals surface area (Å²) in [6.45, 7) is 8.37. The van der Waals surface area contributed by atoms with E-state index in [9.17, 15) is 9.59 Å². The Bertz CT molecular complexity index is 653. The zero-order valence-corrected chi connectivity index (χ0v) is 15.4. The summed E-state index contributed by atoms with van der Waals surface area (Å²) in [6.07, 6.45) is 1.67. The largest absolute Gasteiger partial charge is 0.352 e. The monoisotopic (exact) mass is 338 g/mol. The van der Waals surface area contributed by atoms with Gasteiger partial charge >= 0.3 is 0 Å². The lowest BCUT2D eigenvalue weighted by atomic mass is 9.73. The van der Waals surface area contributed by atoms with E-state index in [0.717, 1.165) is 17.7 Å². The minimum Gasteiger partial charge on any atom is -0.352 e. The van der Waals surface area contributed by atoms with E-state index in [1.807, 2.05) is 19.9 Å². The standard InChI is InChI=1S/C18H27ClN2O2/c1-10-7-14(19)8-15(13(10)4)17(22)20-9-16-11(2)6-12(3)21(5)18(16)23/h6,10,13-15H,7-9H2,1-5H3,(H,20,22). The van der Waals surface area contributed by atoms with E-state index in [1.165, 1.54) is 0 Å². The van der Waals surface area contributed by atoms with E-state index in [-0.39, 0.29) is 29.3 Å². The van der Waals surface area contributed by atoms with Crippen LogP contribution < -0.4 is 10.9 Å². The Labute approximate surface area is 143 Å².